The van der Waals surface area contributed by atoms with Gasteiger partial charge in [-0.3, -0.25) is 24.3 Å². The van der Waals surface area contributed by atoms with Gasteiger partial charge in [-0.25, -0.2) is 4.98 Å². The van der Waals surface area contributed by atoms with E-state index in [9.17, 15) is 19.7 Å². The summed E-state index contributed by atoms with van der Waals surface area (Å²) in [5.41, 5.74) is 1.01. The number of rotatable bonds is 7. The average Bonchev–Trinajstić information content (AvgIpc) is 2.74. The van der Waals surface area contributed by atoms with Gasteiger partial charge in [0.2, 0.25) is 5.91 Å². The number of amides is 1. The Balaban J connectivity index is 1.80. The van der Waals surface area contributed by atoms with Crippen molar-refractivity contribution in [1.29, 1.82) is 0 Å². The van der Waals surface area contributed by atoms with E-state index in [4.69, 9.17) is 0 Å². The first-order valence-corrected chi connectivity index (χ1v) is 10.0. The molecule has 0 N–H and O–H groups in total. The maximum absolute atomic E-state index is 12.8. The zero-order valence-corrected chi connectivity index (χ0v) is 16.9. The number of hydrogen-bond donors (Lipinski definition) is 0. The van der Waals surface area contributed by atoms with Gasteiger partial charge < -0.3 is 4.90 Å². The Morgan fingerprint density at radius 3 is 2.55 bits per heavy atom. The van der Waals surface area contributed by atoms with E-state index < -0.39 is 4.92 Å². The number of benzene rings is 2. The summed E-state index contributed by atoms with van der Waals surface area (Å²) >= 11 is 1.21. The van der Waals surface area contributed by atoms with Gasteiger partial charge in [-0.1, -0.05) is 30.8 Å². The van der Waals surface area contributed by atoms with Crippen LogP contribution in [0.5, 0.6) is 0 Å². The highest BCUT2D eigenvalue weighted by molar-refractivity contribution is 7.99. The monoisotopic (exact) mass is 412 g/mol. The molecular formula is C20H20N4O4S. The van der Waals surface area contributed by atoms with Crippen LogP contribution in [0.2, 0.25) is 0 Å². The van der Waals surface area contributed by atoms with E-state index in [-0.39, 0.29) is 22.9 Å². The summed E-state index contributed by atoms with van der Waals surface area (Å²) in [6, 6.07) is 12.9. The van der Waals surface area contributed by atoms with Crippen molar-refractivity contribution in [3.63, 3.8) is 0 Å². The van der Waals surface area contributed by atoms with Crippen LogP contribution in [0.4, 0.5) is 11.4 Å². The van der Waals surface area contributed by atoms with E-state index >= 15 is 0 Å². The first-order chi connectivity index (χ1) is 13.9. The predicted octanol–water partition coefficient (Wildman–Crippen LogP) is 3.47. The van der Waals surface area contributed by atoms with Gasteiger partial charge in [-0.15, -0.1) is 0 Å². The van der Waals surface area contributed by atoms with E-state index in [1.54, 1.807) is 29.8 Å². The first-order valence-electron chi connectivity index (χ1n) is 9.05. The number of carbonyl (C=O) groups excluding carboxylic acids is 1. The molecule has 1 amide bonds. The smallest absolute Gasteiger partial charge is 0.269 e. The van der Waals surface area contributed by atoms with Gasteiger partial charge in [0.15, 0.2) is 5.16 Å². The lowest BCUT2D eigenvalue weighted by Gasteiger charge is -2.17. The van der Waals surface area contributed by atoms with Crippen molar-refractivity contribution in [2.75, 3.05) is 17.7 Å². The Morgan fingerprint density at radius 2 is 1.90 bits per heavy atom. The third-order valence-electron chi connectivity index (χ3n) is 4.42. The maximum Gasteiger partial charge on any atom is 0.269 e. The van der Waals surface area contributed by atoms with Crippen LogP contribution >= 0.6 is 11.8 Å². The minimum Gasteiger partial charge on any atom is -0.315 e. The predicted molar refractivity (Wildman–Crippen MR) is 114 cm³/mol. The molecule has 8 nitrogen and oxygen atoms in total. The number of fused-ring (bicyclic) bond motifs is 1. The Labute approximate surface area is 171 Å². The number of non-ortho nitro benzene ring substituents is 1. The molecule has 0 fully saturated rings. The lowest BCUT2D eigenvalue weighted by atomic mass is 10.2. The van der Waals surface area contributed by atoms with Crippen molar-refractivity contribution in [2.24, 2.45) is 0 Å². The van der Waals surface area contributed by atoms with E-state index in [1.807, 2.05) is 13.0 Å². The zero-order chi connectivity index (χ0) is 21.0. The summed E-state index contributed by atoms with van der Waals surface area (Å²) < 4.78 is 1.60. The molecule has 3 aromatic rings. The molecular weight excluding hydrogens is 392 g/mol. The van der Waals surface area contributed by atoms with Crippen LogP contribution in [0.25, 0.3) is 10.9 Å². The highest BCUT2D eigenvalue weighted by Crippen LogP contribution is 2.22. The van der Waals surface area contributed by atoms with Crippen LogP contribution in [0, 0.1) is 10.1 Å². The standard InChI is InChI=1S/C20H20N4O4S/c1-3-12-23-19(26)16-6-4-5-7-17(16)21-20(23)29-13-18(25)22(2)14-8-10-15(11-9-14)24(27)28/h4-11H,3,12-13H2,1-2H3. The highest BCUT2D eigenvalue weighted by atomic mass is 32.2. The fourth-order valence-corrected chi connectivity index (χ4v) is 3.78. The van der Waals surface area contributed by atoms with E-state index in [1.165, 1.54) is 40.9 Å². The normalized spacial score (nSPS) is 10.8. The average molecular weight is 412 g/mol. The molecule has 0 saturated heterocycles. The van der Waals surface area contributed by atoms with E-state index in [2.05, 4.69) is 4.98 Å². The molecule has 0 unspecified atom stereocenters. The van der Waals surface area contributed by atoms with Crippen LogP contribution in [-0.4, -0.2) is 33.2 Å². The summed E-state index contributed by atoms with van der Waals surface area (Å²) in [7, 11) is 1.61. The lowest BCUT2D eigenvalue weighted by Crippen LogP contribution is -2.29. The van der Waals surface area contributed by atoms with E-state index in [0.717, 1.165) is 6.42 Å². The second kappa shape index (κ2) is 8.87. The summed E-state index contributed by atoms with van der Waals surface area (Å²) in [5, 5.41) is 11.8. The van der Waals surface area contributed by atoms with Crippen LogP contribution in [0.3, 0.4) is 0 Å². The van der Waals surface area contributed by atoms with Crippen molar-refractivity contribution in [3.8, 4) is 0 Å². The van der Waals surface area contributed by atoms with Crippen molar-refractivity contribution in [2.45, 2.75) is 25.0 Å². The van der Waals surface area contributed by atoms with Crippen LogP contribution in [-0.2, 0) is 11.3 Å². The number of thioether (sulfide) groups is 1. The molecule has 1 aromatic heterocycles. The largest absolute Gasteiger partial charge is 0.315 e. The fourth-order valence-electron chi connectivity index (χ4n) is 2.84. The topological polar surface area (TPSA) is 98.3 Å². The molecule has 0 spiro atoms. The molecule has 0 bridgehead atoms. The number of aromatic nitrogens is 2. The number of para-hydroxylation sites is 1. The molecule has 150 valence electrons. The summed E-state index contributed by atoms with van der Waals surface area (Å²) in [6.45, 7) is 2.50. The molecule has 0 radical (unpaired) electrons. The SMILES string of the molecule is CCCn1c(SCC(=O)N(C)c2ccc([N+](=O)[O-])cc2)nc2ccccc2c1=O. The van der Waals surface area contributed by atoms with Gasteiger partial charge in [0.25, 0.3) is 11.2 Å². The maximum atomic E-state index is 12.8. The van der Waals surface area contributed by atoms with Crippen LogP contribution < -0.4 is 10.5 Å². The van der Waals surface area contributed by atoms with Gasteiger partial charge in [0, 0.05) is 31.4 Å². The summed E-state index contributed by atoms with van der Waals surface area (Å²) in [4.78, 5) is 41.7. The van der Waals surface area contributed by atoms with Gasteiger partial charge in [-0.05, 0) is 30.7 Å². The molecule has 2 aromatic carbocycles. The lowest BCUT2D eigenvalue weighted by molar-refractivity contribution is -0.384. The fraction of sp³-hybridized carbons (Fsp3) is 0.250. The minimum absolute atomic E-state index is 0.0343. The van der Waals surface area contributed by atoms with Crippen LogP contribution in [0.1, 0.15) is 13.3 Å². The number of nitro benzene ring substituents is 1. The highest BCUT2D eigenvalue weighted by Gasteiger charge is 2.16. The number of nitrogens with zero attached hydrogens (tertiary/aromatic N) is 4. The molecule has 0 aliphatic carbocycles. The third kappa shape index (κ3) is 4.45. The third-order valence-corrected chi connectivity index (χ3v) is 5.38. The molecule has 1 heterocycles. The molecule has 3 rings (SSSR count). The zero-order valence-electron chi connectivity index (χ0n) is 16.1. The quantitative estimate of drug-likeness (QED) is 0.255. The molecule has 0 atom stereocenters. The first kappa shape index (κ1) is 20.5. The second-order valence-corrected chi connectivity index (χ2v) is 7.33. The van der Waals surface area contributed by atoms with Crippen molar-refractivity contribution in [3.05, 3.63) is 69.0 Å². The molecule has 0 aliphatic rings. The van der Waals surface area contributed by atoms with Gasteiger partial charge in [0.05, 0.1) is 21.6 Å². The van der Waals surface area contributed by atoms with Crippen molar-refractivity contribution < 1.29 is 9.72 Å². The number of hydrogen-bond acceptors (Lipinski definition) is 6. The number of carbonyl (C=O) groups is 1. The summed E-state index contributed by atoms with van der Waals surface area (Å²) in [6.07, 6.45) is 0.768. The Morgan fingerprint density at radius 1 is 1.21 bits per heavy atom. The Hall–Kier alpha value is -3.20. The van der Waals surface area contributed by atoms with Crippen LogP contribution in [0.15, 0.2) is 58.5 Å². The number of nitro groups is 1. The summed E-state index contributed by atoms with van der Waals surface area (Å²) in [5.74, 6) is -0.114. The number of anilines is 1. The van der Waals surface area contributed by atoms with Crippen molar-refractivity contribution >= 4 is 39.9 Å². The van der Waals surface area contributed by atoms with E-state index in [0.29, 0.717) is 28.3 Å². The molecule has 29 heavy (non-hydrogen) atoms. The van der Waals surface area contributed by atoms with Gasteiger partial charge in [-0.2, -0.15) is 0 Å². The van der Waals surface area contributed by atoms with Gasteiger partial charge >= 0.3 is 0 Å². The minimum atomic E-state index is -0.486. The molecule has 0 saturated carbocycles. The molecule has 9 heteroatoms. The van der Waals surface area contributed by atoms with Crippen molar-refractivity contribution in [1.82, 2.24) is 9.55 Å². The molecule has 0 aliphatic heterocycles. The second-order valence-electron chi connectivity index (χ2n) is 6.38. The Kier molecular flexibility index (Phi) is 6.28. The van der Waals surface area contributed by atoms with Gasteiger partial charge in [0.1, 0.15) is 0 Å². The Bertz CT molecular complexity index is 1110.